The summed E-state index contributed by atoms with van der Waals surface area (Å²) in [5.74, 6) is 0.374. The van der Waals surface area contributed by atoms with E-state index in [4.69, 9.17) is 9.47 Å². The van der Waals surface area contributed by atoms with E-state index in [1.807, 2.05) is 0 Å². The summed E-state index contributed by atoms with van der Waals surface area (Å²) in [6.45, 7) is 0.231. The number of aliphatic hydroxyl groups excluding tert-OH is 1. The zero-order valence-corrected chi connectivity index (χ0v) is 11.3. The lowest BCUT2D eigenvalue weighted by Gasteiger charge is -2.13. The van der Waals surface area contributed by atoms with Gasteiger partial charge >= 0.3 is 0 Å². The largest absolute Gasteiger partial charge is 0.497 e. The van der Waals surface area contributed by atoms with Crippen molar-refractivity contribution in [3.63, 3.8) is 0 Å². The van der Waals surface area contributed by atoms with Gasteiger partial charge in [0.2, 0.25) is 0 Å². The van der Waals surface area contributed by atoms with Gasteiger partial charge in [0.25, 0.3) is 0 Å². The third-order valence-corrected chi connectivity index (χ3v) is 2.97. The average Bonchev–Trinajstić information content (AvgIpc) is 2.49. The van der Waals surface area contributed by atoms with Crippen molar-refractivity contribution < 1.29 is 19.0 Å². The third-order valence-electron chi connectivity index (χ3n) is 2.97. The molecule has 1 atom stereocenters. The Morgan fingerprint density at radius 1 is 1.15 bits per heavy atom. The lowest BCUT2D eigenvalue weighted by molar-refractivity contribution is 0.0266. The number of ether oxygens (including phenoxy) is 2. The van der Waals surface area contributed by atoms with Crippen LogP contribution in [0.15, 0.2) is 48.5 Å². The Kier molecular flexibility index (Phi) is 5.09. The van der Waals surface area contributed by atoms with Crippen LogP contribution in [0.25, 0.3) is 0 Å². The fourth-order valence-corrected chi connectivity index (χ4v) is 1.84. The molecule has 20 heavy (non-hydrogen) atoms. The first-order valence-electron chi connectivity index (χ1n) is 6.34. The maximum atomic E-state index is 13.4. The van der Waals surface area contributed by atoms with Gasteiger partial charge in [-0.15, -0.1) is 0 Å². The molecule has 1 N–H and O–H groups in total. The number of hydrogen-bond acceptors (Lipinski definition) is 3. The van der Waals surface area contributed by atoms with Gasteiger partial charge in [-0.25, -0.2) is 4.39 Å². The second-order valence-electron chi connectivity index (χ2n) is 4.40. The minimum absolute atomic E-state index is 0.0987. The van der Waals surface area contributed by atoms with Crippen LogP contribution in [0, 0.1) is 5.82 Å². The highest BCUT2D eigenvalue weighted by atomic mass is 19.1. The highest BCUT2D eigenvalue weighted by Crippen LogP contribution is 2.19. The van der Waals surface area contributed by atoms with Crippen LogP contribution in [0.4, 0.5) is 4.39 Å². The second kappa shape index (κ2) is 7.03. The van der Waals surface area contributed by atoms with Gasteiger partial charge in [0.15, 0.2) is 0 Å². The normalized spacial score (nSPS) is 12.2. The lowest BCUT2D eigenvalue weighted by Crippen LogP contribution is -2.08. The van der Waals surface area contributed by atoms with Crippen molar-refractivity contribution in [2.45, 2.75) is 12.7 Å². The fourth-order valence-electron chi connectivity index (χ4n) is 1.84. The quantitative estimate of drug-likeness (QED) is 0.881. The minimum atomic E-state index is -0.767. The van der Waals surface area contributed by atoms with Gasteiger partial charge in [0.05, 0.1) is 20.3 Å². The van der Waals surface area contributed by atoms with Crippen molar-refractivity contribution in [3.8, 4) is 5.75 Å². The van der Waals surface area contributed by atoms with Crippen molar-refractivity contribution in [1.29, 1.82) is 0 Å². The van der Waals surface area contributed by atoms with Crippen molar-refractivity contribution in [2.24, 2.45) is 0 Å². The molecular weight excluding hydrogens is 259 g/mol. The predicted octanol–water partition coefficient (Wildman–Crippen LogP) is 3.08. The van der Waals surface area contributed by atoms with E-state index in [1.165, 1.54) is 6.07 Å². The van der Waals surface area contributed by atoms with Crippen LogP contribution in [-0.2, 0) is 11.3 Å². The molecule has 2 rings (SSSR count). The number of aliphatic hydroxyl groups is 1. The van der Waals surface area contributed by atoms with Gasteiger partial charge in [-0.3, -0.25) is 0 Å². The Morgan fingerprint density at radius 3 is 2.70 bits per heavy atom. The number of rotatable bonds is 6. The van der Waals surface area contributed by atoms with Crippen LogP contribution in [0.2, 0.25) is 0 Å². The van der Waals surface area contributed by atoms with E-state index in [2.05, 4.69) is 0 Å². The molecule has 1 unspecified atom stereocenters. The van der Waals surface area contributed by atoms with Crippen LogP contribution in [0.3, 0.4) is 0 Å². The average molecular weight is 276 g/mol. The van der Waals surface area contributed by atoms with E-state index in [-0.39, 0.29) is 19.0 Å². The molecule has 0 fully saturated rings. The highest BCUT2D eigenvalue weighted by Gasteiger charge is 2.09. The topological polar surface area (TPSA) is 38.7 Å². The van der Waals surface area contributed by atoms with Crippen LogP contribution >= 0.6 is 0 Å². The zero-order chi connectivity index (χ0) is 14.4. The standard InChI is InChI=1S/C16H17FO3/c1-19-14-7-4-6-12(9-14)16(18)11-20-10-13-5-2-3-8-15(13)17/h2-9,16,18H,10-11H2,1H3. The first-order chi connectivity index (χ1) is 9.70. The summed E-state index contributed by atoms with van der Waals surface area (Å²) in [6.07, 6.45) is -0.767. The van der Waals surface area contributed by atoms with Gasteiger partial charge in [0, 0.05) is 5.56 Å². The summed E-state index contributed by atoms with van der Waals surface area (Å²) in [4.78, 5) is 0. The molecule has 0 saturated carbocycles. The summed E-state index contributed by atoms with van der Waals surface area (Å²) in [5, 5.41) is 10.0. The van der Waals surface area contributed by atoms with Crippen LogP contribution in [0.1, 0.15) is 17.2 Å². The Balaban J connectivity index is 1.89. The molecule has 0 spiro atoms. The molecule has 2 aromatic rings. The van der Waals surface area contributed by atoms with E-state index < -0.39 is 6.10 Å². The number of benzene rings is 2. The van der Waals surface area contributed by atoms with Crippen LogP contribution in [-0.4, -0.2) is 18.8 Å². The van der Waals surface area contributed by atoms with Crippen molar-refractivity contribution in [3.05, 3.63) is 65.5 Å². The van der Waals surface area contributed by atoms with E-state index >= 15 is 0 Å². The smallest absolute Gasteiger partial charge is 0.128 e. The maximum Gasteiger partial charge on any atom is 0.128 e. The Labute approximate surface area is 117 Å². The Hall–Kier alpha value is -1.91. The van der Waals surface area contributed by atoms with Gasteiger partial charge in [0.1, 0.15) is 17.7 Å². The molecular formula is C16H17FO3. The predicted molar refractivity (Wildman–Crippen MR) is 74.0 cm³/mol. The number of hydrogen-bond donors (Lipinski definition) is 1. The van der Waals surface area contributed by atoms with Crippen molar-refractivity contribution >= 4 is 0 Å². The maximum absolute atomic E-state index is 13.4. The molecule has 0 aliphatic rings. The van der Waals surface area contributed by atoms with Gasteiger partial charge in [-0.2, -0.15) is 0 Å². The second-order valence-corrected chi connectivity index (χ2v) is 4.40. The van der Waals surface area contributed by atoms with E-state index in [1.54, 1.807) is 49.6 Å². The molecule has 0 bridgehead atoms. The summed E-state index contributed by atoms with van der Waals surface area (Å²) >= 11 is 0. The van der Waals surface area contributed by atoms with Crippen LogP contribution in [0.5, 0.6) is 5.75 Å². The SMILES string of the molecule is COc1cccc(C(O)COCc2ccccc2F)c1. The summed E-state index contributed by atoms with van der Waals surface area (Å²) < 4.78 is 23.8. The number of methoxy groups -OCH3 is 1. The molecule has 0 saturated heterocycles. The first-order valence-corrected chi connectivity index (χ1v) is 6.34. The summed E-state index contributed by atoms with van der Waals surface area (Å²) in [6, 6.07) is 13.6. The monoisotopic (exact) mass is 276 g/mol. The molecule has 0 aliphatic carbocycles. The Morgan fingerprint density at radius 2 is 1.95 bits per heavy atom. The van der Waals surface area contributed by atoms with E-state index in [0.717, 1.165) is 0 Å². The molecule has 2 aromatic carbocycles. The molecule has 4 heteroatoms. The fraction of sp³-hybridized carbons (Fsp3) is 0.250. The van der Waals surface area contributed by atoms with E-state index in [9.17, 15) is 9.50 Å². The molecule has 0 aromatic heterocycles. The molecule has 0 heterocycles. The molecule has 0 amide bonds. The molecule has 0 radical (unpaired) electrons. The highest BCUT2D eigenvalue weighted by molar-refractivity contribution is 5.29. The van der Waals surface area contributed by atoms with Crippen LogP contribution < -0.4 is 4.74 Å². The number of halogens is 1. The summed E-state index contributed by atoms with van der Waals surface area (Å²) in [5.41, 5.74) is 1.18. The van der Waals surface area contributed by atoms with Gasteiger partial charge < -0.3 is 14.6 Å². The Bertz CT molecular complexity index is 557. The zero-order valence-electron chi connectivity index (χ0n) is 11.3. The molecule has 0 aliphatic heterocycles. The molecule has 106 valence electrons. The summed E-state index contributed by atoms with van der Waals surface area (Å²) in [7, 11) is 1.57. The van der Waals surface area contributed by atoms with E-state index in [0.29, 0.717) is 16.9 Å². The van der Waals surface area contributed by atoms with Gasteiger partial charge in [-0.1, -0.05) is 30.3 Å². The molecule has 3 nitrogen and oxygen atoms in total. The minimum Gasteiger partial charge on any atom is -0.497 e. The van der Waals surface area contributed by atoms with Crippen molar-refractivity contribution in [2.75, 3.05) is 13.7 Å². The van der Waals surface area contributed by atoms with Gasteiger partial charge in [-0.05, 0) is 23.8 Å². The lowest BCUT2D eigenvalue weighted by atomic mass is 10.1. The third kappa shape index (κ3) is 3.79. The first kappa shape index (κ1) is 14.5. The van der Waals surface area contributed by atoms with Crippen molar-refractivity contribution in [1.82, 2.24) is 0 Å².